The highest BCUT2D eigenvalue weighted by Crippen LogP contribution is 2.19. The van der Waals surface area contributed by atoms with Gasteiger partial charge < -0.3 is 14.7 Å². The van der Waals surface area contributed by atoms with Gasteiger partial charge in [-0.05, 0) is 24.1 Å². The second-order valence-corrected chi connectivity index (χ2v) is 6.64. The number of halogens is 1. The number of ether oxygens (including phenoxy) is 1. The van der Waals surface area contributed by atoms with Crippen LogP contribution in [0.15, 0.2) is 24.3 Å². The molecule has 1 N–H and O–H groups in total. The van der Waals surface area contributed by atoms with E-state index in [9.17, 15) is 9.90 Å². The number of aliphatic hydroxyl groups is 1. The molecule has 2 atom stereocenters. The maximum absolute atomic E-state index is 12.4. The van der Waals surface area contributed by atoms with E-state index in [-0.39, 0.29) is 11.9 Å². The number of aryl methyl sites for hydroxylation is 1. The van der Waals surface area contributed by atoms with E-state index >= 15 is 0 Å². The Balaban J connectivity index is 1.51. The average molecular weight is 339 g/mol. The summed E-state index contributed by atoms with van der Waals surface area (Å²) in [6.07, 6.45) is 0.697. The molecule has 1 aromatic rings. The first-order valence-corrected chi connectivity index (χ1v) is 8.53. The van der Waals surface area contributed by atoms with Gasteiger partial charge >= 0.3 is 0 Å². The van der Waals surface area contributed by atoms with Gasteiger partial charge in [0.25, 0.3) is 0 Å². The van der Waals surface area contributed by atoms with Crippen molar-refractivity contribution in [2.75, 3.05) is 39.4 Å². The van der Waals surface area contributed by atoms with Crippen LogP contribution in [0.4, 0.5) is 0 Å². The van der Waals surface area contributed by atoms with Crippen LogP contribution in [0.5, 0.6) is 0 Å². The molecule has 1 aromatic carbocycles. The van der Waals surface area contributed by atoms with Gasteiger partial charge in [0.1, 0.15) is 0 Å². The first kappa shape index (κ1) is 16.7. The van der Waals surface area contributed by atoms with E-state index in [1.165, 1.54) is 0 Å². The van der Waals surface area contributed by atoms with E-state index in [4.69, 9.17) is 16.3 Å². The molecule has 0 radical (unpaired) electrons. The predicted molar refractivity (Wildman–Crippen MR) is 88.5 cm³/mol. The summed E-state index contributed by atoms with van der Waals surface area (Å²) in [7, 11) is 0. The molecule has 0 spiro atoms. The zero-order valence-corrected chi connectivity index (χ0v) is 13.9. The van der Waals surface area contributed by atoms with Crippen LogP contribution in [0.1, 0.15) is 12.0 Å². The molecule has 0 bridgehead atoms. The number of morpholine rings is 1. The molecule has 126 valence electrons. The number of rotatable bonds is 4. The van der Waals surface area contributed by atoms with Crippen molar-refractivity contribution in [3.63, 3.8) is 0 Å². The number of nitrogens with zero attached hydrogens (tertiary/aromatic N) is 2. The van der Waals surface area contributed by atoms with Gasteiger partial charge in [0.2, 0.25) is 5.91 Å². The molecule has 0 aromatic heterocycles. The fourth-order valence-electron chi connectivity index (χ4n) is 3.30. The van der Waals surface area contributed by atoms with Crippen LogP contribution in [0.3, 0.4) is 0 Å². The molecule has 6 heteroatoms. The Labute approximate surface area is 141 Å². The molecule has 0 unspecified atom stereocenters. The molecule has 0 saturated carbocycles. The van der Waals surface area contributed by atoms with Crippen LogP contribution in [0.25, 0.3) is 0 Å². The molecule has 1 amide bonds. The zero-order chi connectivity index (χ0) is 16.2. The van der Waals surface area contributed by atoms with Crippen molar-refractivity contribution in [1.29, 1.82) is 0 Å². The van der Waals surface area contributed by atoms with E-state index in [0.29, 0.717) is 44.2 Å². The Hall–Kier alpha value is -1.14. The number of hydrogen-bond donors (Lipinski definition) is 1. The predicted octanol–water partition coefficient (Wildman–Crippen LogP) is 1.18. The largest absolute Gasteiger partial charge is 0.390 e. The molecular weight excluding hydrogens is 316 g/mol. The van der Waals surface area contributed by atoms with E-state index in [2.05, 4.69) is 4.90 Å². The second kappa shape index (κ2) is 7.62. The summed E-state index contributed by atoms with van der Waals surface area (Å²) in [5, 5.41) is 11.0. The zero-order valence-electron chi connectivity index (χ0n) is 13.2. The molecule has 5 nitrogen and oxygen atoms in total. The molecule has 2 heterocycles. The summed E-state index contributed by atoms with van der Waals surface area (Å²) in [6, 6.07) is 7.62. The quantitative estimate of drug-likeness (QED) is 0.895. The van der Waals surface area contributed by atoms with Crippen molar-refractivity contribution in [3.8, 4) is 0 Å². The van der Waals surface area contributed by atoms with Crippen LogP contribution in [0.2, 0.25) is 5.02 Å². The van der Waals surface area contributed by atoms with Gasteiger partial charge in [0.05, 0.1) is 25.4 Å². The Morgan fingerprint density at radius 3 is 2.61 bits per heavy atom. The summed E-state index contributed by atoms with van der Waals surface area (Å²) in [4.78, 5) is 16.4. The fourth-order valence-corrected chi connectivity index (χ4v) is 3.43. The molecule has 23 heavy (non-hydrogen) atoms. The monoisotopic (exact) mass is 338 g/mol. The van der Waals surface area contributed by atoms with E-state index in [0.717, 1.165) is 18.7 Å². The molecular formula is C17H23ClN2O3. The van der Waals surface area contributed by atoms with Gasteiger partial charge in [-0.1, -0.05) is 23.7 Å². The maximum atomic E-state index is 12.4. The lowest BCUT2D eigenvalue weighted by Crippen LogP contribution is -2.49. The van der Waals surface area contributed by atoms with Gasteiger partial charge in [-0.3, -0.25) is 9.69 Å². The standard InChI is InChI=1S/C17H23ClN2O3/c18-14-4-1-13(2-5-14)3-6-17(22)20-11-15(16(21)12-20)19-7-9-23-10-8-19/h1-2,4-5,15-16,21H,3,6-12H2/t15-,16-/m1/s1. The number of β-amino-alcohol motifs (C(OH)–C–C–N with tert-alkyl or cyclic N) is 1. The van der Waals surface area contributed by atoms with Crippen molar-refractivity contribution >= 4 is 17.5 Å². The number of amides is 1. The van der Waals surface area contributed by atoms with Gasteiger partial charge in [-0.2, -0.15) is 0 Å². The lowest BCUT2D eigenvalue weighted by molar-refractivity contribution is -0.130. The molecule has 2 aliphatic rings. The van der Waals surface area contributed by atoms with Crippen LogP contribution >= 0.6 is 11.6 Å². The molecule has 2 aliphatic heterocycles. The first-order valence-electron chi connectivity index (χ1n) is 8.15. The maximum Gasteiger partial charge on any atom is 0.223 e. The van der Waals surface area contributed by atoms with Crippen molar-refractivity contribution in [2.45, 2.75) is 25.0 Å². The van der Waals surface area contributed by atoms with Crippen LogP contribution in [-0.2, 0) is 16.0 Å². The van der Waals surface area contributed by atoms with E-state index in [1.54, 1.807) is 4.90 Å². The Morgan fingerprint density at radius 2 is 1.91 bits per heavy atom. The summed E-state index contributed by atoms with van der Waals surface area (Å²) >= 11 is 5.87. The minimum atomic E-state index is -0.465. The summed E-state index contributed by atoms with van der Waals surface area (Å²) in [5.41, 5.74) is 1.10. The van der Waals surface area contributed by atoms with Gasteiger partial charge in [-0.15, -0.1) is 0 Å². The number of benzene rings is 1. The van der Waals surface area contributed by atoms with Crippen LogP contribution in [0, 0.1) is 0 Å². The summed E-state index contributed by atoms with van der Waals surface area (Å²) < 4.78 is 5.35. The molecule has 2 fully saturated rings. The molecule has 2 saturated heterocycles. The third-order valence-corrected chi connectivity index (χ3v) is 4.92. The smallest absolute Gasteiger partial charge is 0.223 e. The SMILES string of the molecule is O=C(CCc1ccc(Cl)cc1)N1C[C@@H](O)[C@H](N2CCOCC2)C1. The number of likely N-dealkylation sites (tertiary alicyclic amines) is 1. The lowest BCUT2D eigenvalue weighted by Gasteiger charge is -2.33. The third-order valence-electron chi connectivity index (χ3n) is 4.67. The first-order chi connectivity index (χ1) is 11.1. The van der Waals surface area contributed by atoms with Gasteiger partial charge in [0.15, 0.2) is 0 Å². The average Bonchev–Trinajstić information content (AvgIpc) is 2.97. The van der Waals surface area contributed by atoms with Crippen molar-refractivity contribution in [3.05, 3.63) is 34.9 Å². The topological polar surface area (TPSA) is 53.0 Å². The lowest BCUT2D eigenvalue weighted by atomic mass is 10.1. The van der Waals surface area contributed by atoms with Crippen molar-refractivity contribution < 1.29 is 14.6 Å². The highest BCUT2D eigenvalue weighted by Gasteiger charge is 2.37. The second-order valence-electron chi connectivity index (χ2n) is 6.21. The van der Waals surface area contributed by atoms with Crippen molar-refractivity contribution in [2.24, 2.45) is 0 Å². The fraction of sp³-hybridized carbons (Fsp3) is 0.588. The summed E-state index contributed by atoms with van der Waals surface area (Å²) in [5.74, 6) is 0.106. The Morgan fingerprint density at radius 1 is 1.22 bits per heavy atom. The molecule has 0 aliphatic carbocycles. The van der Waals surface area contributed by atoms with Gasteiger partial charge in [-0.25, -0.2) is 0 Å². The number of carbonyl (C=O) groups excluding carboxylic acids is 1. The minimum absolute atomic E-state index is 0.0402. The Bertz CT molecular complexity index is 531. The summed E-state index contributed by atoms with van der Waals surface area (Å²) in [6.45, 7) is 4.10. The van der Waals surface area contributed by atoms with Crippen LogP contribution < -0.4 is 0 Å². The highest BCUT2D eigenvalue weighted by atomic mass is 35.5. The van der Waals surface area contributed by atoms with Crippen molar-refractivity contribution in [1.82, 2.24) is 9.80 Å². The highest BCUT2D eigenvalue weighted by molar-refractivity contribution is 6.30. The number of carbonyl (C=O) groups is 1. The minimum Gasteiger partial charge on any atom is -0.390 e. The Kier molecular flexibility index (Phi) is 5.54. The third kappa shape index (κ3) is 4.23. The normalized spacial score (nSPS) is 25.7. The van der Waals surface area contributed by atoms with E-state index < -0.39 is 6.10 Å². The number of hydrogen-bond acceptors (Lipinski definition) is 4. The number of aliphatic hydroxyl groups excluding tert-OH is 1. The van der Waals surface area contributed by atoms with E-state index in [1.807, 2.05) is 24.3 Å². The molecule has 3 rings (SSSR count). The van der Waals surface area contributed by atoms with Gasteiger partial charge in [0, 0.05) is 37.6 Å². The van der Waals surface area contributed by atoms with Crippen LogP contribution in [-0.4, -0.2) is 72.4 Å².